The van der Waals surface area contributed by atoms with Crippen molar-refractivity contribution in [3.8, 4) is 0 Å². The van der Waals surface area contributed by atoms with E-state index in [2.05, 4.69) is 4.99 Å². The summed E-state index contributed by atoms with van der Waals surface area (Å²) in [5, 5.41) is 10.3. The van der Waals surface area contributed by atoms with Gasteiger partial charge >= 0.3 is 18.0 Å². The van der Waals surface area contributed by atoms with Crippen molar-refractivity contribution >= 4 is 52.7 Å². The summed E-state index contributed by atoms with van der Waals surface area (Å²) in [6.07, 6.45) is 1.70. The van der Waals surface area contributed by atoms with Crippen LogP contribution < -0.4 is 9.80 Å². The first-order valence-electron chi connectivity index (χ1n) is 13.3. The van der Waals surface area contributed by atoms with Crippen LogP contribution in [0, 0.1) is 0 Å². The number of carbonyl (C=O) groups excluding carboxylic acids is 2. The third-order valence-electron chi connectivity index (χ3n) is 7.24. The molecular weight excluding hydrogens is 518 g/mol. The van der Waals surface area contributed by atoms with Gasteiger partial charge in [-0.1, -0.05) is 66.7 Å². The van der Waals surface area contributed by atoms with Gasteiger partial charge in [0.05, 0.1) is 35.0 Å². The lowest BCUT2D eigenvalue weighted by Crippen LogP contribution is -2.62. The fourth-order valence-electron chi connectivity index (χ4n) is 5.23. The molecule has 0 saturated carbocycles. The van der Waals surface area contributed by atoms with Gasteiger partial charge < -0.3 is 14.9 Å². The normalized spacial score (nSPS) is 15.9. The lowest BCUT2D eigenvalue weighted by molar-refractivity contribution is -0.143. The Bertz CT molecular complexity index is 1540. The van der Waals surface area contributed by atoms with E-state index in [1.807, 2.05) is 103 Å². The molecule has 2 aliphatic rings. The Morgan fingerprint density at radius 2 is 1.32 bits per heavy atom. The largest absolute Gasteiger partial charge is 0.480 e. The number of para-hydroxylation sites is 5. The van der Waals surface area contributed by atoms with E-state index in [1.165, 1.54) is 14.7 Å². The standard InChI is InChI=1S/C32H27N5O4/c38-30(39)29-22-34(31(40)36(24-12-3-1-4-13-24)25-14-5-2-6-15-25)19-20-35(29)32(41)37-27-17-9-7-11-23(27)21-33-26-16-8-10-18-28(26)37/h1-18,21,29H,19-20,22H2,(H,38,39)/t29-/m0/s1. The fraction of sp³-hybridized carbons (Fsp3) is 0.125. The fourth-order valence-corrected chi connectivity index (χ4v) is 5.23. The van der Waals surface area contributed by atoms with E-state index in [9.17, 15) is 19.5 Å². The summed E-state index contributed by atoms with van der Waals surface area (Å²) < 4.78 is 0. The number of fused-ring (bicyclic) bond motifs is 2. The van der Waals surface area contributed by atoms with E-state index in [1.54, 1.807) is 17.2 Å². The Hall–Kier alpha value is -5.44. The SMILES string of the molecule is O=C(O)[C@@H]1CN(C(=O)N(c2ccccc2)c2ccccc2)CCN1C(=O)N1c2ccccc2C=Nc2ccccc21. The van der Waals surface area contributed by atoms with E-state index in [0.717, 1.165) is 5.56 Å². The van der Waals surface area contributed by atoms with E-state index < -0.39 is 18.0 Å². The molecule has 0 spiro atoms. The number of hydrogen-bond acceptors (Lipinski definition) is 4. The van der Waals surface area contributed by atoms with Crippen molar-refractivity contribution in [3.05, 3.63) is 115 Å². The summed E-state index contributed by atoms with van der Waals surface area (Å²) in [5.41, 5.74) is 3.81. The average Bonchev–Trinajstić information content (AvgIpc) is 3.18. The Morgan fingerprint density at radius 1 is 0.732 bits per heavy atom. The number of piperazine rings is 1. The average molecular weight is 546 g/mol. The van der Waals surface area contributed by atoms with Gasteiger partial charge in [-0.2, -0.15) is 0 Å². The van der Waals surface area contributed by atoms with Crippen LogP contribution in [0.3, 0.4) is 0 Å². The Morgan fingerprint density at radius 3 is 1.98 bits per heavy atom. The van der Waals surface area contributed by atoms with Crippen LogP contribution in [0.5, 0.6) is 0 Å². The molecule has 0 radical (unpaired) electrons. The summed E-state index contributed by atoms with van der Waals surface area (Å²) in [5.74, 6) is -1.19. The molecule has 4 aromatic rings. The van der Waals surface area contributed by atoms with E-state index >= 15 is 0 Å². The van der Waals surface area contributed by atoms with Gasteiger partial charge in [-0.25, -0.2) is 14.4 Å². The molecule has 0 bridgehead atoms. The second-order valence-corrected chi connectivity index (χ2v) is 9.71. The molecule has 9 heteroatoms. The van der Waals surface area contributed by atoms with Crippen molar-refractivity contribution in [1.29, 1.82) is 0 Å². The minimum absolute atomic E-state index is 0.0423. The minimum Gasteiger partial charge on any atom is -0.480 e. The van der Waals surface area contributed by atoms with E-state index in [4.69, 9.17) is 0 Å². The highest BCUT2D eigenvalue weighted by molar-refractivity contribution is 6.09. The highest BCUT2D eigenvalue weighted by Gasteiger charge is 2.41. The third-order valence-corrected chi connectivity index (χ3v) is 7.24. The summed E-state index contributed by atoms with van der Waals surface area (Å²) in [7, 11) is 0. The van der Waals surface area contributed by atoms with Gasteiger partial charge in [-0.05, 0) is 42.5 Å². The number of carbonyl (C=O) groups is 3. The van der Waals surface area contributed by atoms with Crippen LogP contribution in [-0.4, -0.2) is 64.8 Å². The van der Waals surface area contributed by atoms with Gasteiger partial charge in [0, 0.05) is 24.9 Å². The van der Waals surface area contributed by atoms with Crippen LogP contribution in [0.4, 0.5) is 38.0 Å². The highest BCUT2D eigenvalue weighted by atomic mass is 16.4. The van der Waals surface area contributed by atoms with Crippen molar-refractivity contribution in [3.63, 3.8) is 0 Å². The van der Waals surface area contributed by atoms with Crippen LogP contribution in [-0.2, 0) is 4.79 Å². The maximum absolute atomic E-state index is 14.2. The van der Waals surface area contributed by atoms with Gasteiger partial charge in [0.15, 0.2) is 0 Å². The van der Waals surface area contributed by atoms with Crippen molar-refractivity contribution in [2.45, 2.75) is 6.04 Å². The number of nitrogens with zero attached hydrogens (tertiary/aromatic N) is 5. The van der Waals surface area contributed by atoms with Crippen molar-refractivity contribution in [1.82, 2.24) is 9.80 Å². The molecule has 1 fully saturated rings. The number of aliphatic imine (C=N–C) groups is 1. The van der Waals surface area contributed by atoms with Crippen LogP contribution in [0.25, 0.3) is 0 Å². The first-order valence-corrected chi connectivity index (χ1v) is 13.3. The summed E-state index contributed by atoms with van der Waals surface area (Å²) >= 11 is 0. The number of aliphatic carboxylic acids is 1. The molecule has 2 heterocycles. The number of carboxylic acids is 1. The molecule has 2 aliphatic heterocycles. The number of anilines is 4. The Kier molecular flexibility index (Phi) is 6.91. The lowest BCUT2D eigenvalue weighted by atomic mass is 10.1. The molecule has 1 N–H and O–H groups in total. The molecule has 6 rings (SSSR count). The van der Waals surface area contributed by atoms with Gasteiger partial charge in [-0.15, -0.1) is 0 Å². The molecular formula is C32H27N5O4. The van der Waals surface area contributed by atoms with Crippen LogP contribution in [0.1, 0.15) is 5.56 Å². The number of amides is 4. The Balaban J connectivity index is 1.32. The number of carboxylic acid groups (broad SMARTS) is 1. The zero-order valence-corrected chi connectivity index (χ0v) is 22.1. The maximum atomic E-state index is 14.2. The number of urea groups is 2. The van der Waals surface area contributed by atoms with Crippen LogP contribution in [0.2, 0.25) is 0 Å². The molecule has 0 unspecified atom stereocenters. The quantitative estimate of drug-likeness (QED) is 0.340. The molecule has 4 aromatic carbocycles. The van der Waals surface area contributed by atoms with Crippen LogP contribution in [0.15, 0.2) is 114 Å². The smallest absolute Gasteiger partial charge is 0.330 e. The predicted octanol–water partition coefficient (Wildman–Crippen LogP) is 6.04. The molecule has 0 aliphatic carbocycles. The third kappa shape index (κ3) is 4.89. The second kappa shape index (κ2) is 11.0. The first kappa shape index (κ1) is 25.8. The molecule has 1 atom stereocenters. The van der Waals surface area contributed by atoms with E-state index in [-0.39, 0.29) is 25.7 Å². The zero-order chi connectivity index (χ0) is 28.3. The van der Waals surface area contributed by atoms with Crippen LogP contribution >= 0.6 is 0 Å². The maximum Gasteiger partial charge on any atom is 0.330 e. The van der Waals surface area contributed by atoms with Gasteiger partial charge in [0.25, 0.3) is 0 Å². The predicted molar refractivity (Wildman–Crippen MR) is 158 cm³/mol. The zero-order valence-electron chi connectivity index (χ0n) is 22.1. The number of rotatable bonds is 3. The lowest BCUT2D eigenvalue weighted by Gasteiger charge is -2.42. The summed E-state index contributed by atoms with van der Waals surface area (Å²) in [4.78, 5) is 51.2. The number of benzene rings is 4. The molecule has 4 amide bonds. The van der Waals surface area contributed by atoms with Crippen molar-refractivity contribution < 1.29 is 19.5 Å². The highest BCUT2D eigenvalue weighted by Crippen LogP contribution is 2.39. The molecule has 204 valence electrons. The number of hydrogen-bond donors (Lipinski definition) is 1. The van der Waals surface area contributed by atoms with Crippen molar-refractivity contribution in [2.24, 2.45) is 4.99 Å². The van der Waals surface area contributed by atoms with Gasteiger partial charge in [0.1, 0.15) is 6.04 Å². The summed E-state index contributed by atoms with van der Waals surface area (Å²) in [6.45, 7) is 0.0442. The monoisotopic (exact) mass is 545 g/mol. The van der Waals surface area contributed by atoms with Gasteiger partial charge in [-0.3, -0.25) is 14.8 Å². The topological polar surface area (TPSA) is 96.8 Å². The van der Waals surface area contributed by atoms with E-state index in [0.29, 0.717) is 28.4 Å². The molecule has 9 nitrogen and oxygen atoms in total. The molecule has 41 heavy (non-hydrogen) atoms. The molecule has 1 saturated heterocycles. The first-order chi connectivity index (χ1) is 20.0. The second-order valence-electron chi connectivity index (χ2n) is 9.71. The Labute approximate surface area is 237 Å². The van der Waals surface area contributed by atoms with Crippen molar-refractivity contribution in [2.75, 3.05) is 29.4 Å². The summed E-state index contributed by atoms with van der Waals surface area (Å²) in [6, 6.07) is 30.9. The van der Waals surface area contributed by atoms with Gasteiger partial charge in [0.2, 0.25) is 0 Å². The minimum atomic E-state index is -1.25. The molecule has 0 aromatic heterocycles.